The fourth-order valence-corrected chi connectivity index (χ4v) is 4.65. The van der Waals surface area contributed by atoms with E-state index in [1.807, 2.05) is 13.8 Å². The lowest BCUT2D eigenvalue weighted by Crippen LogP contribution is -2.53. The first-order chi connectivity index (χ1) is 13.5. The summed E-state index contributed by atoms with van der Waals surface area (Å²) >= 11 is 0. The van der Waals surface area contributed by atoms with Crippen molar-refractivity contribution in [3.8, 4) is 0 Å². The van der Waals surface area contributed by atoms with Gasteiger partial charge in [0.1, 0.15) is 5.52 Å². The van der Waals surface area contributed by atoms with Gasteiger partial charge in [0.2, 0.25) is 5.76 Å². The predicted molar refractivity (Wildman–Crippen MR) is 99.7 cm³/mol. The highest BCUT2D eigenvalue weighted by Crippen LogP contribution is 2.44. The highest BCUT2D eigenvalue weighted by molar-refractivity contribution is 5.93. The Bertz CT molecular complexity index is 1070. The third-order valence-corrected chi connectivity index (χ3v) is 6.24. The Morgan fingerprint density at radius 2 is 2.21 bits per heavy atom. The van der Waals surface area contributed by atoms with Crippen LogP contribution in [0, 0.1) is 19.7 Å². The number of carbonyl (C=O) groups is 1. The number of fused-ring (bicyclic) bond motifs is 2. The lowest BCUT2D eigenvalue weighted by atomic mass is 9.92. The van der Waals surface area contributed by atoms with Crippen LogP contribution in [0.3, 0.4) is 0 Å². The molecule has 3 heterocycles. The quantitative estimate of drug-likeness (QED) is 0.744. The molecule has 0 radical (unpaired) electrons. The minimum atomic E-state index is -0.395. The summed E-state index contributed by atoms with van der Waals surface area (Å²) in [4.78, 5) is 19.3. The highest BCUT2D eigenvalue weighted by Gasteiger charge is 2.53. The van der Waals surface area contributed by atoms with Gasteiger partial charge in [-0.2, -0.15) is 4.98 Å². The standard InChI is InChI=1S/C20H21FN4O3/c1-11-12(2)24-28-17(11)18(26)23-20-8-4-7-15(20)25(10-9-20)19-22-16-13(21)5-3-6-14(16)27-19/h3,5-6,15H,4,7-10H2,1-2H3,(H,23,26). The molecule has 146 valence electrons. The normalized spacial score (nSPS) is 24.1. The molecule has 1 amide bonds. The summed E-state index contributed by atoms with van der Waals surface area (Å²) in [6.07, 6.45) is 3.55. The Morgan fingerprint density at radius 3 is 2.96 bits per heavy atom. The van der Waals surface area contributed by atoms with Crippen molar-refractivity contribution in [2.75, 3.05) is 11.4 Å². The van der Waals surface area contributed by atoms with Crippen LogP contribution in [0.1, 0.15) is 47.5 Å². The van der Waals surface area contributed by atoms with E-state index in [0.717, 1.165) is 31.2 Å². The van der Waals surface area contributed by atoms with Gasteiger partial charge in [-0.1, -0.05) is 11.2 Å². The van der Waals surface area contributed by atoms with Gasteiger partial charge in [-0.25, -0.2) is 4.39 Å². The summed E-state index contributed by atoms with van der Waals surface area (Å²) in [6, 6.07) is 5.16. The van der Waals surface area contributed by atoms with Gasteiger partial charge in [0.15, 0.2) is 11.4 Å². The second kappa shape index (κ2) is 6.05. The maximum Gasteiger partial charge on any atom is 0.298 e. The Labute approximate surface area is 160 Å². The van der Waals surface area contributed by atoms with Crippen molar-refractivity contribution >= 4 is 23.0 Å². The number of carbonyl (C=O) groups excluding carboxylic acids is 1. The maximum atomic E-state index is 14.0. The monoisotopic (exact) mass is 384 g/mol. The van der Waals surface area contributed by atoms with Gasteiger partial charge in [0, 0.05) is 12.1 Å². The molecule has 3 aromatic rings. The molecule has 8 heteroatoms. The molecule has 2 fully saturated rings. The van der Waals surface area contributed by atoms with Gasteiger partial charge in [0.25, 0.3) is 11.9 Å². The predicted octanol–water partition coefficient (Wildman–Crippen LogP) is 3.50. The number of benzene rings is 1. The summed E-state index contributed by atoms with van der Waals surface area (Å²) in [6.45, 7) is 4.34. The Kier molecular flexibility index (Phi) is 3.72. The first-order valence-corrected chi connectivity index (χ1v) is 9.55. The maximum absolute atomic E-state index is 14.0. The van der Waals surface area contributed by atoms with Gasteiger partial charge in [0.05, 0.1) is 17.3 Å². The second-order valence-electron chi connectivity index (χ2n) is 7.77. The molecule has 2 unspecified atom stereocenters. The molecule has 28 heavy (non-hydrogen) atoms. The molecule has 2 aliphatic rings. The van der Waals surface area contributed by atoms with Crippen LogP contribution in [0.4, 0.5) is 10.4 Å². The van der Waals surface area contributed by atoms with Gasteiger partial charge in [-0.15, -0.1) is 0 Å². The van der Waals surface area contributed by atoms with E-state index in [2.05, 4.69) is 20.4 Å². The number of para-hydroxylation sites is 1. The number of rotatable bonds is 3. The molecule has 0 bridgehead atoms. The number of oxazole rings is 1. The van der Waals surface area contributed by atoms with E-state index >= 15 is 0 Å². The van der Waals surface area contributed by atoms with Crippen LogP contribution in [0.15, 0.2) is 27.1 Å². The third kappa shape index (κ3) is 2.43. The van der Waals surface area contributed by atoms with Crippen LogP contribution in [0.25, 0.3) is 11.1 Å². The van der Waals surface area contributed by atoms with E-state index in [-0.39, 0.29) is 28.8 Å². The molecule has 1 aliphatic carbocycles. The van der Waals surface area contributed by atoms with E-state index in [1.54, 1.807) is 12.1 Å². The fraction of sp³-hybridized carbons (Fsp3) is 0.450. The van der Waals surface area contributed by atoms with Gasteiger partial charge in [-0.3, -0.25) is 4.79 Å². The minimum absolute atomic E-state index is 0.0527. The van der Waals surface area contributed by atoms with Crippen LogP contribution >= 0.6 is 0 Å². The molecule has 5 rings (SSSR count). The number of aryl methyl sites for hydroxylation is 1. The molecule has 2 aromatic heterocycles. The Balaban J connectivity index is 1.44. The van der Waals surface area contributed by atoms with Gasteiger partial charge in [-0.05, 0) is 51.7 Å². The van der Waals surface area contributed by atoms with Crippen LogP contribution in [0.2, 0.25) is 0 Å². The molecular weight excluding hydrogens is 363 g/mol. The van der Waals surface area contributed by atoms with E-state index in [4.69, 9.17) is 8.94 Å². The van der Waals surface area contributed by atoms with Crippen LogP contribution < -0.4 is 10.2 Å². The molecule has 7 nitrogen and oxygen atoms in total. The van der Waals surface area contributed by atoms with Crippen LogP contribution in [-0.2, 0) is 0 Å². The van der Waals surface area contributed by atoms with Gasteiger partial charge >= 0.3 is 0 Å². The van der Waals surface area contributed by atoms with Gasteiger partial charge < -0.3 is 19.2 Å². The van der Waals surface area contributed by atoms with E-state index in [1.165, 1.54) is 6.07 Å². The Hall–Kier alpha value is -2.90. The van der Waals surface area contributed by atoms with Crippen molar-refractivity contribution in [3.05, 3.63) is 41.0 Å². The molecule has 0 spiro atoms. The number of aromatic nitrogens is 2. The first kappa shape index (κ1) is 17.2. The molecule has 1 aromatic carbocycles. The average Bonchev–Trinajstić information content (AvgIpc) is 3.39. The zero-order chi connectivity index (χ0) is 19.5. The van der Waals surface area contributed by atoms with Crippen molar-refractivity contribution in [2.45, 2.75) is 51.1 Å². The van der Waals surface area contributed by atoms with Crippen LogP contribution in [0.5, 0.6) is 0 Å². The number of amides is 1. The van der Waals surface area contributed by atoms with Crippen molar-refractivity contribution in [3.63, 3.8) is 0 Å². The number of nitrogens with zero attached hydrogens (tertiary/aromatic N) is 3. The topological polar surface area (TPSA) is 84.4 Å². The SMILES string of the molecule is Cc1noc(C(=O)NC23CCCC2N(c2nc4c(F)cccc4o2)CC3)c1C. The number of hydrogen-bond donors (Lipinski definition) is 1. The number of nitrogens with one attached hydrogen (secondary N) is 1. The van der Waals surface area contributed by atoms with Crippen molar-refractivity contribution in [2.24, 2.45) is 0 Å². The second-order valence-corrected chi connectivity index (χ2v) is 7.77. The summed E-state index contributed by atoms with van der Waals surface area (Å²) in [5.41, 5.74) is 1.77. The molecule has 2 atom stereocenters. The number of anilines is 1. The molecule has 1 N–H and O–H groups in total. The summed E-state index contributed by atoms with van der Waals surface area (Å²) in [5, 5.41) is 7.10. The lowest BCUT2D eigenvalue weighted by Gasteiger charge is -2.32. The fourth-order valence-electron chi connectivity index (χ4n) is 4.65. The van der Waals surface area contributed by atoms with Crippen LogP contribution in [-0.4, -0.2) is 34.2 Å². The summed E-state index contributed by atoms with van der Waals surface area (Å²) in [5.74, 6) is -0.371. The minimum Gasteiger partial charge on any atom is -0.423 e. The molecule has 1 aliphatic heterocycles. The zero-order valence-corrected chi connectivity index (χ0v) is 15.8. The molecule has 1 saturated heterocycles. The summed E-state index contributed by atoms with van der Waals surface area (Å²) < 4.78 is 25.1. The summed E-state index contributed by atoms with van der Waals surface area (Å²) in [7, 11) is 0. The van der Waals surface area contributed by atoms with E-state index in [0.29, 0.717) is 23.8 Å². The number of hydrogen-bond acceptors (Lipinski definition) is 6. The smallest absolute Gasteiger partial charge is 0.298 e. The van der Waals surface area contributed by atoms with E-state index in [9.17, 15) is 9.18 Å². The van der Waals surface area contributed by atoms with Crippen molar-refractivity contribution in [1.29, 1.82) is 0 Å². The highest BCUT2D eigenvalue weighted by atomic mass is 19.1. The number of halogens is 1. The van der Waals surface area contributed by atoms with Crippen molar-refractivity contribution in [1.82, 2.24) is 15.5 Å². The van der Waals surface area contributed by atoms with E-state index < -0.39 is 5.82 Å². The Morgan fingerprint density at radius 1 is 1.36 bits per heavy atom. The molecular formula is C20H21FN4O3. The zero-order valence-electron chi connectivity index (χ0n) is 15.8. The largest absolute Gasteiger partial charge is 0.423 e. The first-order valence-electron chi connectivity index (χ1n) is 9.55. The third-order valence-electron chi connectivity index (χ3n) is 6.24. The lowest BCUT2D eigenvalue weighted by molar-refractivity contribution is 0.0860. The molecule has 1 saturated carbocycles. The average molecular weight is 384 g/mol. The van der Waals surface area contributed by atoms with Crippen molar-refractivity contribution < 1.29 is 18.1 Å².